The van der Waals surface area contributed by atoms with Gasteiger partial charge >= 0.3 is 0 Å². The van der Waals surface area contributed by atoms with Crippen LogP contribution in [0.4, 0.5) is 10.8 Å². The molecule has 0 spiro atoms. The lowest BCUT2D eigenvalue weighted by Gasteiger charge is -2.21. The molecule has 3 rings (SSSR count). The second kappa shape index (κ2) is 9.84. The van der Waals surface area contributed by atoms with E-state index in [0.29, 0.717) is 10.3 Å². The minimum Gasteiger partial charge on any atom is -0.372 e. The maximum Gasteiger partial charge on any atom is 0.236 e. The average molecular weight is 432 g/mol. The molecule has 1 N–H and O–H groups in total. The number of rotatable bonds is 9. The predicted octanol–water partition coefficient (Wildman–Crippen LogP) is 3.47. The fourth-order valence-corrected chi connectivity index (χ4v) is 4.24. The number of nitrogens with zero attached hydrogens (tertiary/aromatic N) is 6. The summed E-state index contributed by atoms with van der Waals surface area (Å²) < 4.78 is 1.91. The van der Waals surface area contributed by atoms with Gasteiger partial charge in [0.15, 0.2) is 11.0 Å². The summed E-state index contributed by atoms with van der Waals surface area (Å²) in [5.41, 5.74) is 2.18. The molecule has 1 amide bonds. The van der Waals surface area contributed by atoms with Crippen LogP contribution in [0.1, 0.15) is 25.8 Å². The number of thioether (sulfide) groups is 1. The van der Waals surface area contributed by atoms with Crippen molar-refractivity contribution in [2.45, 2.75) is 32.3 Å². The fraction of sp³-hybridized carbons (Fsp3) is 0.421. The van der Waals surface area contributed by atoms with E-state index in [1.54, 1.807) is 0 Å². The monoisotopic (exact) mass is 431 g/mol. The van der Waals surface area contributed by atoms with Gasteiger partial charge in [0.2, 0.25) is 11.0 Å². The smallest absolute Gasteiger partial charge is 0.236 e. The van der Waals surface area contributed by atoms with Crippen molar-refractivity contribution in [2.75, 3.05) is 29.1 Å². The van der Waals surface area contributed by atoms with E-state index in [2.05, 4.69) is 68.7 Å². The number of aromatic nitrogens is 5. The van der Waals surface area contributed by atoms with Crippen LogP contribution in [-0.2, 0) is 18.3 Å². The molecule has 10 heteroatoms. The first-order chi connectivity index (χ1) is 14.0. The number of aryl methyl sites for hydroxylation is 1. The highest BCUT2D eigenvalue weighted by molar-refractivity contribution is 7.99. The first-order valence-corrected chi connectivity index (χ1v) is 11.4. The van der Waals surface area contributed by atoms with E-state index < -0.39 is 0 Å². The molecule has 0 saturated heterocycles. The topological polar surface area (TPSA) is 88.8 Å². The highest BCUT2D eigenvalue weighted by Gasteiger charge is 2.14. The molecular formula is C19H25N7OS2. The molecule has 0 aliphatic heterocycles. The molecular weight excluding hydrogens is 406 g/mol. The molecule has 29 heavy (non-hydrogen) atoms. The van der Waals surface area contributed by atoms with Gasteiger partial charge in [-0.1, -0.05) is 30.0 Å². The number of carbonyl (C=O) groups is 1. The SMILES string of the molecule is CCc1nnc(NC(=O)CSc2nnc(-c3ccc(N(CC)CC)cc3)n2C)s1. The highest BCUT2D eigenvalue weighted by atomic mass is 32.2. The summed E-state index contributed by atoms with van der Waals surface area (Å²) >= 11 is 2.74. The third kappa shape index (κ3) is 5.13. The average Bonchev–Trinajstić information content (AvgIpc) is 3.34. The van der Waals surface area contributed by atoms with Crippen LogP contribution < -0.4 is 10.2 Å². The molecule has 0 radical (unpaired) electrons. The Balaban J connectivity index is 1.62. The Morgan fingerprint density at radius 1 is 1.10 bits per heavy atom. The first-order valence-electron chi connectivity index (χ1n) is 9.55. The van der Waals surface area contributed by atoms with Crippen LogP contribution in [-0.4, -0.2) is 49.7 Å². The minimum atomic E-state index is -0.137. The maximum atomic E-state index is 12.2. The Morgan fingerprint density at radius 2 is 1.83 bits per heavy atom. The number of hydrogen-bond donors (Lipinski definition) is 1. The Labute approximate surface area is 178 Å². The van der Waals surface area contributed by atoms with Crippen molar-refractivity contribution in [3.63, 3.8) is 0 Å². The number of benzene rings is 1. The van der Waals surface area contributed by atoms with Crippen molar-refractivity contribution in [2.24, 2.45) is 7.05 Å². The van der Waals surface area contributed by atoms with Crippen molar-refractivity contribution in [1.82, 2.24) is 25.0 Å². The van der Waals surface area contributed by atoms with Gasteiger partial charge < -0.3 is 9.47 Å². The lowest BCUT2D eigenvalue weighted by atomic mass is 10.2. The fourth-order valence-electron chi connectivity index (χ4n) is 2.83. The second-order valence-electron chi connectivity index (χ2n) is 6.28. The van der Waals surface area contributed by atoms with E-state index in [1.807, 2.05) is 18.5 Å². The molecule has 2 aromatic heterocycles. The number of carbonyl (C=O) groups excluding carboxylic acids is 1. The zero-order valence-electron chi connectivity index (χ0n) is 17.0. The molecule has 2 heterocycles. The lowest BCUT2D eigenvalue weighted by molar-refractivity contribution is -0.113. The number of anilines is 2. The van der Waals surface area contributed by atoms with Crippen LogP contribution in [0.2, 0.25) is 0 Å². The van der Waals surface area contributed by atoms with Gasteiger partial charge in [-0.25, -0.2) is 0 Å². The van der Waals surface area contributed by atoms with Crippen LogP contribution in [0.25, 0.3) is 11.4 Å². The molecule has 0 atom stereocenters. The Morgan fingerprint density at radius 3 is 2.45 bits per heavy atom. The molecule has 3 aromatic rings. The van der Waals surface area contributed by atoms with Gasteiger partial charge in [-0.05, 0) is 44.5 Å². The van der Waals surface area contributed by atoms with Gasteiger partial charge in [-0.3, -0.25) is 10.1 Å². The molecule has 1 aromatic carbocycles. The van der Waals surface area contributed by atoms with Crippen LogP contribution in [0.15, 0.2) is 29.4 Å². The predicted molar refractivity (Wildman–Crippen MR) is 119 cm³/mol. The van der Waals surface area contributed by atoms with E-state index >= 15 is 0 Å². The third-order valence-corrected chi connectivity index (χ3v) is 6.44. The van der Waals surface area contributed by atoms with Gasteiger partial charge in [0.1, 0.15) is 5.01 Å². The highest BCUT2D eigenvalue weighted by Crippen LogP contribution is 2.25. The van der Waals surface area contributed by atoms with Gasteiger partial charge in [0, 0.05) is 31.4 Å². The van der Waals surface area contributed by atoms with E-state index in [0.717, 1.165) is 35.9 Å². The maximum absolute atomic E-state index is 12.2. The number of nitrogens with one attached hydrogen (secondary N) is 1. The second-order valence-corrected chi connectivity index (χ2v) is 8.28. The van der Waals surface area contributed by atoms with Gasteiger partial charge in [0.05, 0.1) is 5.75 Å². The molecule has 0 saturated carbocycles. The van der Waals surface area contributed by atoms with Gasteiger partial charge in [0.25, 0.3) is 0 Å². The van der Waals surface area contributed by atoms with Crippen molar-refractivity contribution in [3.8, 4) is 11.4 Å². The quantitative estimate of drug-likeness (QED) is 0.519. The van der Waals surface area contributed by atoms with Crippen molar-refractivity contribution in [1.29, 1.82) is 0 Å². The summed E-state index contributed by atoms with van der Waals surface area (Å²) in [6.45, 7) is 8.24. The van der Waals surface area contributed by atoms with Crippen molar-refractivity contribution >= 4 is 39.8 Å². The molecule has 0 aliphatic rings. The standard InChI is InChI=1S/C19H25N7OS2/c1-5-16-21-23-18(29-16)20-15(27)12-28-19-24-22-17(25(19)4)13-8-10-14(11-9-13)26(6-2)7-3/h8-11H,5-7,12H2,1-4H3,(H,20,23,27). The summed E-state index contributed by atoms with van der Waals surface area (Å²) in [4.78, 5) is 14.5. The molecule has 0 bridgehead atoms. The normalized spacial score (nSPS) is 10.9. The number of amides is 1. The lowest BCUT2D eigenvalue weighted by Crippen LogP contribution is -2.21. The zero-order valence-corrected chi connectivity index (χ0v) is 18.7. The first kappa shape index (κ1) is 21.3. The number of hydrogen-bond acceptors (Lipinski definition) is 8. The molecule has 0 fully saturated rings. The third-order valence-electron chi connectivity index (χ3n) is 4.44. The summed E-state index contributed by atoms with van der Waals surface area (Å²) in [5, 5.41) is 21.4. The van der Waals surface area contributed by atoms with Crippen molar-refractivity contribution in [3.05, 3.63) is 29.3 Å². The van der Waals surface area contributed by atoms with Crippen LogP contribution in [0, 0.1) is 0 Å². The van der Waals surface area contributed by atoms with Gasteiger partial charge in [-0.15, -0.1) is 20.4 Å². The summed E-state index contributed by atoms with van der Waals surface area (Å²) in [6, 6.07) is 8.31. The Hall–Kier alpha value is -2.46. The largest absolute Gasteiger partial charge is 0.372 e. The van der Waals surface area contributed by atoms with E-state index in [1.165, 1.54) is 28.8 Å². The summed E-state index contributed by atoms with van der Waals surface area (Å²) in [6.07, 6.45) is 0.805. The van der Waals surface area contributed by atoms with E-state index in [-0.39, 0.29) is 11.7 Å². The minimum absolute atomic E-state index is 0.137. The van der Waals surface area contributed by atoms with Crippen molar-refractivity contribution < 1.29 is 4.79 Å². The summed E-state index contributed by atoms with van der Waals surface area (Å²) in [7, 11) is 1.91. The zero-order chi connectivity index (χ0) is 20.8. The van der Waals surface area contributed by atoms with Gasteiger partial charge in [-0.2, -0.15) is 0 Å². The Kier molecular flexibility index (Phi) is 7.21. The van der Waals surface area contributed by atoms with Crippen LogP contribution >= 0.6 is 23.1 Å². The molecule has 154 valence electrons. The van der Waals surface area contributed by atoms with Crippen LogP contribution in [0.3, 0.4) is 0 Å². The van der Waals surface area contributed by atoms with E-state index in [4.69, 9.17) is 0 Å². The van der Waals surface area contributed by atoms with E-state index in [9.17, 15) is 4.79 Å². The summed E-state index contributed by atoms with van der Waals surface area (Å²) in [5.74, 6) is 0.867. The van der Waals surface area contributed by atoms with Crippen LogP contribution in [0.5, 0.6) is 0 Å². The molecule has 0 unspecified atom stereocenters. The molecule has 8 nitrogen and oxygen atoms in total. The molecule has 0 aliphatic carbocycles. The Bertz CT molecular complexity index is 948.